The Balaban J connectivity index is 0.000000309. The average Bonchev–Trinajstić information content (AvgIpc) is 3.24. The molecule has 1 aliphatic heterocycles. The van der Waals surface area contributed by atoms with E-state index >= 15 is 0 Å². The molecule has 0 amide bonds. The molecular formula is C25H28Cl3FN4O6S2. The predicted molar refractivity (Wildman–Crippen MR) is 160 cm³/mol. The molecule has 2 N–H and O–H groups in total. The molecule has 1 aromatic heterocycles. The minimum atomic E-state index is -1.05. The number of hydrogen-bond acceptors (Lipinski definition) is 9. The number of halogens is 4. The quantitative estimate of drug-likeness (QED) is 0.264. The SMILES string of the molecule is CNC.COC(=O)CSc1cc(N=c2sc(=O)n3n2CCCC3)c(F)cc1Cl.O=C(O)COc1ccc(Cl)cc1Cl. The topological polar surface area (TPSA) is 124 Å². The van der Waals surface area contributed by atoms with Crippen LogP contribution in [0, 0.1) is 5.82 Å². The number of hydrogen-bond donors (Lipinski definition) is 2. The number of nitrogens with zero attached hydrogens (tertiary/aromatic N) is 3. The number of aromatic nitrogens is 2. The molecule has 0 radical (unpaired) electrons. The normalized spacial score (nSPS) is 12.3. The molecule has 2 heterocycles. The third-order valence-corrected chi connectivity index (χ3v) is 7.78. The molecular weight excluding hydrogens is 642 g/mol. The summed E-state index contributed by atoms with van der Waals surface area (Å²) in [6.07, 6.45) is 1.90. The van der Waals surface area contributed by atoms with Crippen LogP contribution in [-0.2, 0) is 27.4 Å². The van der Waals surface area contributed by atoms with Crippen molar-refractivity contribution in [2.24, 2.45) is 4.99 Å². The molecule has 3 aromatic rings. The molecule has 0 saturated carbocycles. The second kappa shape index (κ2) is 17.4. The van der Waals surface area contributed by atoms with Crippen LogP contribution in [0.25, 0.3) is 0 Å². The van der Waals surface area contributed by atoms with Gasteiger partial charge in [-0.25, -0.2) is 18.9 Å². The van der Waals surface area contributed by atoms with Gasteiger partial charge in [0, 0.05) is 23.0 Å². The number of aliphatic carboxylic acids is 1. The first-order valence-corrected chi connectivity index (χ1v) is 14.9. The predicted octanol–water partition coefficient (Wildman–Crippen LogP) is 5.09. The van der Waals surface area contributed by atoms with Gasteiger partial charge in [0.25, 0.3) is 0 Å². The number of carbonyl (C=O) groups excluding carboxylic acids is 1. The lowest BCUT2D eigenvalue weighted by molar-refractivity contribution is -0.139. The van der Waals surface area contributed by atoms with Gasteiger partial charge < -0.3 is 19.9 Å². The van der Waals surface area contributed by atoms with E-state index < -0.39 is 24.4 Å². The number of fused-ring (bicyclic) bond motifs is 1. The zero-order valence-electron chi connectivity index (χ0n) is 22.3. The molecule has 0 bridgehead atoms. The van der Waals surface area contributed by atoms with E-state index in [4.69, 9.17) is 44.6 Å². The van der Waals surface area contributed by atoms with Gasteiger partial charge in [-0.05, 0) is 68.6 Å². The summed E-state index contributed by atoms with van der Waals surface area (Å²) in [5, 5.41) is 12.1. The summed E-state index contributed by atoms with van der Waals surface area (Å²) in [4.78, 5) is 38.7. The summed E-state index contributed by atoms with van der Waals surface area (Å²) in [5.74, 6) is -1.66. The molecule has 0 saturated heterocycles. The Bertz CT molecular complexity index is 1480. The van der Waals surface area contributed by atoms with Gasteiger partial charge in [0.1, 0.15) is 17.3 Å². The van der Waals surface area contributed by atoms with Crippen molar-refractivity contribution in [3.8, 4) is 5.75 Å². The van der Waals surface area contributed by atoms with Gasteiger partial charge >= 0.3 is 16.8 Å². The van der Waals surface area contributed by atoms with Crippen LogP contribution in [0.15, 0.2) is 45.0 Å². The minimum absolute atomic E-state index is 0.0605. The Morgan fingerprint density at radius 3 is 2.39 bits per heavy atom. The smallest absolute Gasteiger partial charge is 0.341 e. The highest BCUT2D eigenvalue weighted by Gasteiger charge is 2.15. The van der Waals surface area contributed by atoms with E-state index in [1.165, 1.54) is 25.3 Å². The Morgan fingerprint density at radius 2 is 1.78 bits per heavy atom. The highest BCUT2D eigenvalue weighted by molar-refractivity contribution is 8.00. The second-order valence-electron chi connectivity index (χ2n) is 8.07. The Morgan fingerprint density at radius 1 is 1.12 bits per heavy atom. The maximum Gasteiger partial charge on any atom is 0.341 e. The monoisotopic (exact) mass is 668 g/mol. The van der Waals surface area contributed by atoms with E-state index in [1.54, 1.807) is 15.4 Å². The van der Waals surface area contributed by atoms with Crippen molar-refractivity contribution < 1.29 is 28.6 Å². The maximum atomic E-state index is 14.3. The standard InChI is InChI=1S/C15H15ClFN3O3S2.C8H6Cl2O3.C2H7N/c1-23-13(21)8-24-12-7-11(10(17)6-9(12)16)18-14-19-4-2-3-5-20(19)15(22)25-14;9-5-1-2-7(6(10)3-5)13-4-8(11)12;1-3-2/h6-7H,2-5,8H2,1H3;1-3H,4H2,(H,11,12);3H,1-2H3. The first-order valence-electron chi connectivity index (χ1n) is 11.9. The molecule has 0 unspecified atom stereocenters. The molecule has 41 heavy (non-hydrogen) atoms. The van der Waals surface area contributed by atoms with Crippen LogP contribution in [0.4, 0.5) is 10.1 Å². The van der Waals surface area contributed by atoms with Crippen molar-refractivity contribution in [1.82, 2.24) is 14.7 Å². The largest absolute Gasteiger partial charge is 0.480 e. The molecule has 0 aliphatic carbocycles. The molecule has 0 spiro atoms. The van der Waals surface area contributed by atoms with E-state index in [1.807, 2.05) is 14.1 Å². The Hall–Kier alpha value is -2.55. The van der Waals surface area contributed by atoms with Crippen LogP contribution in [0.2, 0.25) is 15.1 Å². The fourth-order valence-electron chi connectivity index (χ4n) is 3.16. The number of carboxylic acid groups (broad SMARTS) is 1. The van der Waals surface area contributed by atoms with E-state index in [2.05, 4.69) is 15.0 Å². The van der Waals surface area contributed by atoms with Gasteiger partial charge in [0.15, 0.2) is 6.61 Å². The fraction of sp³-hybridized carbons (Fsp3) is 0.360. The summed E-state index contributed by atoms with van der Waals surface area (Å²) in [5.41, 5.74) is 0.0829. The van der Waals surface area contributed by atoms with Gasteiger partial charge in [-0.1, -0.05) is 34.8 Å². The zero-order chi connectivity index (χ0) is 30.5. The number of methoxy groups -OCH3 is 1. The lowest BCUT2D eigenvalue weighted by Crippen LogP contribution is -2.31. The van der Waals surface area contributed by atoms with E-state index in [9.17, 15) is 18.8 Å². The van der Waals surface area contributed by atoms with Crippen LogP contribution in [-0.4, -0.2) is 60.0 Å². The van der Waals surface area contributed by atoms with Crippen LogP contribution in [0.1, 0.15) is 12.8 Å². The van der Waals surface area contributed by atoms with Crippen molar-refractivity contribution in [1.29, 1.82) is 0 Å². The van der Waals surface area contributed by atoms with Gasteiger partial charge in [0.05, 0.1) is 22.9 Å². The van der Waals surface area contributed by atoms with E-state index in [0.29, 0.717) is 38.6 Å². The number of thioether (sulfide) groups is 1. The van der Waals surface area contributed by atoms with Crippen molar-refractivity contribution >= 4 is 75.5 Å². The van der Waals surface area contributed by atoms with E-state index in [-0.39, 0.29) is 21.3 Å². The summed E-state index contributed by atoms with van der Waals surface area (Å²) in [6, 6.07) is 7.23. The highest BCUT2D eigenvalue weighted by Crippen LogP contribution is 2.33. The summed E-state index contributed by atoms with van der Waals surface area (Å²) in [6.45, 7) is 0.909. The molecule has 0 fully saturated rings. The lowest BCUT2D eigenvalue weighted by atomic mass is 10.3. The van der Waals surface area contributed by atoms with Crippen LogP contribution >= 0.6 is 57.9 Å². The maximum absolute atomic E-state index is 14.3. The third-order valence-electron chi connectivity index (χ3n) is 4.93. The van der Waals surface area contributed by atoms with Crippen molar-refractivity contribution in [3.63, 3.8) is 0 Å². The van der Waals surface area contributed by atoms with Gasteiger partial charge in [0.2, 0.25) is 4.80 Å². The molecule has 224 valence electrons. The molecule has 2 aromatic carbocycles. The molecule has 10 nitrogen and oxygen atoms in total. The van der Waals surface area contributed by atoms with Crippen molar-refractivity contribution in [2.75, 3.05) is 33.6 Å². The zero-order valence-corrected chi connectivity index (χ0v) is 26.2. The van der Waals surface area contributed by atoms with Gasteiger partial charge in [-0.2, -0.15) is 0 Å². The average molecular weight is 670 g/mol. The number of rotatable bonds is 7. The number of benzene rings is 2. The van der Waals surface area contributed by atoms with Crippen LogP contribution < -0.4 is 19.7 Å². The lowest BCUT2D eigenvalue weighted by Gasteiger charge is -2.15. The Labute approximate surface area is 258 Å². The number of esters is 1. The van der Waals surface area contributed by atoms with Crippen LogP contribution in [0.3, 0.4) is 0 Å². The molecule has 0 atom stereocenters. The van der Waals surface area contributed by atoms with Crippen molar-refractivity contribution in [3.05, 3.63) is 65.7 Å². The molecule has 16 heteroatoms. The number of carbonyl (C=O) groups is 2. The first-order chi connectivity index (χ1) is 19.5. The summed E-state index contributed by atoms with van der Waals surface area (Å²) in [7, 11) is 5.05. The second-order valence-corrected chi connectivity index (χ2v) is 11.3. The summed E-state index contributed by atoms with van der Waals surface area (Å²) < 4.78 is 27.1. The number of ether oxygens (including phenoxy) is 2. The summed E-state index contributed by atoms with van der Waals surface area (Å²) >= 11 is 19.5. The van der Waals surface area contributed by atoms with Crippen LogP contribution in [0.5, 0.6) is 5.75 Å². The molecule has 4 rings (SSSR count). The van der Waals surface area contributed by atoms with Gasteiger partial charge in [-0.15, -0.1) is 11.8 Å². The third kappa shape index (κ3) is 11.0. The minimum Gasteiger partial charge on any atom is -0.480 e. The fourth-order valence-corrected chi connectivity index (χ4v) is 5.61. The molecule has 1 aliphatic rings. The van der Waals surface area contributed by atoms with E-state index in [0.717, 1.165) is 42.0 Å². The Kier molecular flexibility index (Phi) is 14.7. The number of nitrogens with one attached hydrogen (secondary N) is 1. The first kappa shape index (κ1) is 34.7. The highest BCUT2D eigenvalue weighted by atomic mass is 35.5. The van der Waals surface area contributed by atoms with Gasteiger partial charge in [-0.3, -0.25) is 14.3 Å². The van der Waals surface area contributed by atoms with Crippen molar-refractivity contribution in [2.45, 2.75) is 30.8 Å². The number of carboxylic acids is 1.